The van der Waals surface area contributed by atoms with Gasteiger partial charge in [-0.1, -0.05) is 6.08 Å². The van der Waals surface area contributed by atoms with Crippen molar-refractivity contribution in [3.63, 3.8) is 0 Å². The van der Waals surface area contributed by atoms with Crippen LogP contribution in [0.1, 0.15) is 12.8 Å². The molecular formula is C12H11FN2O2. The number of nitrogens with zero attached hydrogens (tertiary/aromatic N) is 1. The fraction of sp³-hybridized carbons (Fsp3) is 0.167. The summed E-state index contributed by atoms with van der Waals surface area (Å²) >= 11 is 0. The summed E-state index contributed by atoms with van der Waals surface area (Å²) in [6, 6.07) is 4.23. The van der Waals surface area contributed by atoms with E-state index in [1.807, 2.05) is 6.08 Å². The average Bonchev–Trinajstić information content (AvgIpc) is 2.33. The van der Waals surface area contributed by atoms with Crippen molar-refractivity contribution in [2.75, 3.05) is 10.2 Å². The molecule has 0 unspecified atom stereocenters. The van der Waals surface area contributed by atoms with Gasteiger partial charge in [-0.2, -0.15) is 0 Å². The molecule has 4 nitrogen and oxygen atoms in total. The highest BCUT2D eigenvalue weighted by molar-refractivity contribution is 5.96. The van der Waals surface area contributed by atoms with Crippen molar-refractivity contribution in [1.82, 2.24) is 0 Å². The molecule has 0 aliphatic carbocycles. The summed E-state index contributed by atoms with van der Waals surface area (Å²) in [5, 5.41) is 2.24. The number of carbonyl (C=O) groups excluding carboxylic acids is 2. The molecule has 2 rings (SSSR count). The second-order valence-corrected chi connectivity index (χ2v) is 3.61. The molecule has 0 spiro atoms. The van der Waals surface area contributed by atoms with Crippen LogP contribution in [-0.4, -0.2) is 12.3 Å². The molecular weight excluding hydrogens is 223 g/mol. The molecule has 1 aromatic rings. The Morgan fingerprint density at radius 1 is 1.41 bits per heavy atom. The zero-order chi connectivity index (χ0) is 12.3. The van der Waals surface area contributed by atoms with Crippen LogP contribution < -0.4 is 10.2 Å². The number of allylic oxidation sites excluding steroid dienone is 1. The van der Waals surface area contributed by atoms with Gasteiger partial charge in [0.1, 0.15) is 5.82 Å². The van der Waals surface area contributed by atoms with E-state index in [9.17, 15) is 14.0 Å². The van der Waals surface area contributed by atoms with Crippen LogP contribution in [0.5, 0.6) is 0 Å². The Labute approximate surface area is 97.7 Å². The third kappa shape index (κ3) is 2.33. The smallest absolute Gasteiger partial charge is 0.231 e. The molecule has 0 aromatic heterocycles. The Hall–Kier alpha value is -2.17. The van der Waals surface area contributed by atoms with E-state index in [1.165, 1.54) is 17.0 Å². The fourth-order valence-electron chi connectivity index (χ4n) is 1.65. The molecule has 5 heteroatoms. The Kier molecular flexibility index (Phi) is 3.18. The molecule has 2 amide bonds. The molecule has 1 aliphatic heterocycles. The number of carbonyl (C=O) groups is 2. The minimum absolute atomic E-state index is 0.0667. The maximum Gasteiger partial charge on any atom is 0.231 e. The summed E-state index contributed by atoms with van der Waals surface area (Å²) in [4.78, 5) is 23.2. The number of rotatable bonds is 3. The minimum atomic E-state index is -0.568. The first kappa shape index (κ1) is 11.3. The molecule has 17 heavy (non-hydrogen) atoms. The summed E-state index contributed by atoms with van der Waals surface area (Å²) in [5.74, 6) is -0.635. The van der Waals surface area contributed by atoms with Crippen molar-refractivity contribution in [1.29, 1.82) is 0 Å². The number of halogens is 1. The fourth-order valence-corrected chi connectivity index (χ4v) is 1.65. The monoisotopic (exact) mass is 234 g/mol. The minimum Gasteiger partial charge on any atom is -0.326 e. The zero-order valence-electron chi connectivity index (χ0n) is 9.02. The lowest BCUT2D eigenvalue weighted by atomic mass is 10.2. The molecule has 0 fully saturated rings. The van der Waals surface area contributed by atoms with Crippen LogP contribution in [0.4, 0.5) is 15.8 Å². The van der Waals surface area contributed by atoms with E-state index in [0.29, 0.717) is 24.9 Å². The van der Waals surface area contributed by atoms with E-state index in [1.54, 1.807) is 12.3 Å². The summed E-state index contributed by atoms with van der Waals surface area (Å²) in [5.41, 5.74) is 0.553. The van der Waals surface area contributed by atoms with Crippen molar-refractivity contribution in [2.45, 2.75) is 12.8 Å². The summed E-state index contributed by atoms with van der Waals surface area (Å²) < 4.78 is 13.5. The molecule has 0 saturated heterocycles. The van der Waals surface area contributed by atoms with Gasteiger partial charge >= 0.3 is 0 Å². The SMILES string of the molecule is O=CNc1ccc(N2C=CCCC2=O)cc1F. The first-order valence-electron chi connectivity index (χ1n) is 5.21. The molecule has 88 valence electrons. The van der Waals surface area contributed by atoms with Gasteiger partial charge in [0.05, 0.1) is 11.4 Å². The van der Waals surface area contributed by atoms with E-state index < -0.39 is 5.82 Å². The summed E-state index contributed by atoms with van der Waals surface area (Å²) in [6.45, 7) is 0. The van der Waals surface area contributed by atoms with Gasteiger partial charge in [-0.3, -0.25) is 14.5 Å². The van der Waals surface area contributed by atoms with Gasteiger partial charge in [0, 0.05) is 18.7 Å². The second-order valence-electron chi connectivity index (χ2n) is 3.61. The Morgan fingerprint density at radius 2 is 2.24 bits per heavy atom. The van der Waals surface area contributed by atoms with Crippen molar-refractivity contribution < 1.29 is 14.0 Å². The van der Waals surface area contributed by atoms with Gasteiger partial charge in [-0.05, 0) is 18.6 Å². The predicted molar refractivity (Wildman–Crippen MR) is 61.9 cm³/mol. The van der Waals surface area contributed by atoms with E-state index in [4.69, 9.17) is 0 Å². The molecule has 0 saturated carbocycles. The van der Waals surface area contributed by atoms with Gasteiger partial charge in [0.25, 0.3) is 0 Å². The van der Waals surface area contributed by atoms with E-state index in [0.717, 1.165) is 0 Å². The number of benzene rings is 1. The first-order chi connectivity index (χ1) is 8.22. The highest BCUT2D eigenvalue weighted by atomic mass is 19.1. The maximum absolute atomic E-state index is 13.5. The quantitative estimate of drug-likeness (QED) is 0.813. The van der Waals surface area contributed by atoms with Crippen LogP contribution in [0.2, 0.25) is 0 Å². The van der Waals surface area contributed by atoms with Crippen molar-refractivity contribution >= 4 is 23.7 Å². The Morgan fingerprint density at radius 3 is 2.88 bits per heavy atom. The third-order valence-corrected chi connectivity index (χ3v) is 2.49. The highest BCUT2D eigenvalue weighted by Crippen LogP contribution is 2.24. The standard InChI is InChI=1S/C12H11FN2O2/c13-10-7-9(4-5-11(10)14-8-16)15-6-2-1-3-12(15)17/h2,4-8H,1,3H2,(H,14,16). The average molecular weight is 234 g/mol. The number of hydrogen-bond acceptors (Lipinski definition) is 2. The molecule has 1 heterocycles. The van der Waals surface area contributed by atoms with Crippen LogP contribution in [0, 0.1) is 5.82 Å². The topological polar surface area (TPSA) is 49.4 Å². The largest absolute Gasteiger partial charge is 0.326 e. The van der Waals surface area contributed by atoms with Crippen LogP contribution in [0.25, 0.3) is 0 Å². The Balaban J connectivity index is 2.30. The Bertz CT molecular complexity index is 485. The number of anilines is 2. The van der Waals surface area contributed by atoms with Gasteiger partial charge in [0.15, 0.2) is 0 Å². The molecule has 1 aromatic carbocycles. The normalized spacial score (nSPS) is 14.9. The molecule has 1 aliphatic rings. The number of hydrogen-bond donors (Lipinski definition) is 1. The van der Waals surface area contributed by atoms with Gasteiger partial charge < -0.3 is 5.32 Å². The highest BCUT2D eigenvalue weighted by Gasteiger charge is 2.16. The van der Waals surface area contributed by atoms with Crippen molar-refractivity contribution in [3.05, 3.63) is 36.3 Å². The number of amides is 2. The van der Waals surface area contributed by atoms with Gasteiger partial charge in [-0.25, -0.2) is 4.39 Å². The molecule has 0 atom stereocenters. The predicted octanol–water partition coefficient (Wildman–Crippen LogP) is 2.03. The van der Waals surface area contributed by atoms with E-state index in [2.05, 4.69) is 5.32 Å². The van der Waals surface area contributed by atoms with Crippen LogP contribution in [0.15, 0.2) is 30.5 Å². The van der Waals surface area contributed by atoms with Crippen LogP contribution in [-0.2, 0) is 9.59 Å². The van der Waals surface area contributed by atoms with E-state index in [-0.39, 0.29) is 11.6 Å². The van der Waals surface area contributed by atoms with Gasteiger partial charge in [0.2, 0.25) is 12.3 Å². The second kappa shape index (κ2) is 4.78. The summed E-state index contributed by atoms with van der Waals surface area (Å²) in [7, 11) is 0. The van der Waals surface area contributed by atoms with Crippen LogP contribution in [0.3, 0.4) is 0 Å². The number of nitrogens with one attached hydrogen (secondary N) is 1. The third-order valence-electron chi connectivity index (χ3n) is 2.49. The van der Waals surface area contributed by atoms with Gasteiger partial charge in [-0.15, -0.1) is 0 Å². The lowest BCUT2D eigenvalue weighted by Crippen LogP contribution is -2.27. The summed E-state index contributed by atoms with van der Waals surface area (Å²) in [6.07, 6.45) is 5.03. The lowest BCUT2D eigenvalue weighted by Gasteiger charge is -2.21. The maximum atomic E-state index is 13.5. The van der Waals surface area contributed by atoms with Crippen molar-refractivity contribution in [2.24, 2.45) is 0 Å². The molecule has 0 bridgehead atoms. The lowest BCUT2D eigenvalue weighted by molar-refractivity contribution is -0.118. The first-order valence-corrected chi connectivity index (χ1v) is 5.21. The molecule has 0 radical (unpaired) electrons. The van der Waals surface area contributed by atoms with E-state index >= 15 is 0 Å². The van der Waals surface area contributed by atoms with Crippen molar-refractivity contribution in [3.8, 4) is 0 Å². The molecule has 1 N–H and O–H groups in total. The zero-order valence-corrected chi connectivity index (χ0v) is 9.02. The van der Waals surface area contributed by atoms with Crippen LogP contribution >= 0.6 is 0 Å².